The quantitative estimate of drug-likeness (QED) is 0.798. The van der Waals surface area contributed by atoms with Gasteiger partial charge in [0.05, 0.1) is 11.9 Å². The first-order chi connectivity index (χ1) is 11.4. The predicted octanol–water partition coefficient (Wildman–Crippen LogP) is 2.27. The largest absolute Gasteiger partial charge is 0.478 e. The molecule has 0 aliphatic carbocycles. The Morgan fingerprint density at radius 2 is 1.92 bits per heavy atom. The Bertz CT molecular complexity index is 732. The summed E-state index contributed by atoms with van der Waals surface area (Å²) in [5.74, 6) is 0.309. The fourth-order valence-electron chi connectivity index (χ4n) is 3.19. The smallest absolute Gasteiger partial charge is 0.263 e. The molecule has 0 N–H and O–H groups in total. The van der Waals surface area contributed by atoms with Crippen LogP contribution in [0.4, 0.5) is 5.69 Å². The van der Waals surface area contributed by atoms with Crippen molar-refractivity contribution in [2.75, 3.05) is 30.2 Å². The van der Waals surface area contributed by atoms with Crippen molar-refractivity contribution in [2.24, 2.45) is 0 Å². The van der Waals surface area contributed by atoms with E-state index in [0.717, 1.165) is 38.6 Å². The first-order valence-electron chi connectivity index (χ1n) is 8.09. The summed E-state index contributed by atoms with van der Waals surface area (Å²) in [6.07, 6.45) is 3.92. The summed E-state index contributed by atoms with van der Waals surface area (Å²) >= 11 is 6.01. The van der Waals surface area contributed by atoms with Crippen LogP contribution in [0.2, 0.25) is 5.02 Å². The number of carbonyl (C=O) groups excluding carboxylic acids is 1. The van der Waals surface area contributed by atoms with Gasteiger partial charge in [0.1, 0.15) is 5.75 Å². The molecule has 2 aliphatic heterocycles. The van der Waals surface area contributed by atoms with Gasteiger partial charge in [-0.05, 0) is 37.5 Å². The lowest BCUT2D eigenvalue weighted by Gasteiger charge is -2.30. The van der Waals surface area contributed by atoms with Crippen LogP contribution in [0.5, 0.6) is 5.75 Å². The molecule has 6 nitrogen and oxygen atoms in total. The number of halogens is 1. The molecule has 8 heteroatoms. The molecule has 1 aromatic carbocycles. The van der Waals surface area contributed by atoms with Crippen molar-refractivity contribution < 1.29 is 17.9 Å². The lowest BCUT2D eigenvalue weighted by Crippen LogP contribution is -2.45. The van der Waals surface area contributed by atoms with Crippen LogP contribution in [0.3, 0.4) is 0 Å². The van der Waals surface area contributed by atoms with Crippen LogP contribution in [-0.4, -0.2) is 51.2 Å². The van der Waals surface area contributed by atoms with Gasteiger partial charge in [-0.2, -0.15) is 0 Å². The molecule has 24 heavy (non-hydrogen) atoms. The molecule has 3 rings (SSSR count). The number of carbonyl (C=O) groups is 1. The fourth-order valence-corrected chi connectivity index (χ4v) is 4.29. The normalized spacial score (nSPS) is 21.7. The van der Waals surface area contributed by atoms with Crippen LogP contribution in [-0.2, 0) is 14.8 Å². The maximum absolute atomic E-state index is 12.7. The number of sulfonamides is 1. The van der Waals surface area contributed by atoms with Crippen molar-refractivity contribution in [2.45, 2.75) is 31.8 Å². The van der Waals surface area contributed by atoms with E-state index in [-0.39, 0.29) is 12.5 Å². The number of fused-ring (bicyclic) bond motifs is 1. The molecule has 1 atom stereocenters. The molecule has 0 saturated carbocycles. The first-order valence-corrected chi connectivity index (χ1v) is 10.3. The van der Waals surface area contributed by atoms with Crippen molar-refractivity contribution >= 4 is 33.2 Å². The molecule has 0 unspecified atom stereocenters. The van der Waals surface area contributed by atoms with E-state index in [9.17, 15) is 13.2 Å². The molecule has 1 amide bonds. The number of piperidine rings is 1. The third-order valence-corrected chi connectivity index (χ3v) is 5.81. The van der Waals surface area contributed by atoms with Crippen LogP contribution in [0.25, 0.3) is 0 Å². The summed E-state index contributed by atoms with van der Waals surface area (Å²) in [6.45, 7) is 1.67. The average molecular weight is 373 g/mol. The molecule has 0 bridgehead atoms. The topological polar surface area (TPSA) is 66.9 Å². The summed E-state index contributed by atoms with van der Waals surface area (Å²) in [7, 11) is -3.48. The Kier molecular flexibility index (Phi) is 4.92. The minimum absolute atomic E-state index is 0.0639. The van der Waals surface area contributed by atoms with Crippen LogP contribution in [0.15, 0.2) is 18.2 Å². The highest BCUT2D eigenvalue weighted by Gasteiger charge is 2.33. The van der Waals surface area contributed by atoms with E-state index in [0.29, 0.717) is 22.9 Å². The molecule has 2 heterocycles. The van der Waals surface area contributed by atoms with Gasteiger partial charge in [-0.25, -0.2) is 8.42 Å². The number of likely N-dealkylation sites (tertiary alicyclic amines) is 1. The zero-order chi connectivity index (χ0) is 17.3. The summed E-state index contributed by atoms with van der Waals surface area (Å²) in [5.41, 5.74) is 0.388. The van der Waals surface area contributed by atoms with E-state index in [2.05, 4.69) is 0 Å². The van der Waals surface area contributed by atoms with Crippen molar-refractivity contribution in [3.63, 3.8) is 0 Å². The molecular formula is C16H21ClN2O4S. The fraction of sp³-hybridized carbons (Fsp3) is 0.562. The molecule has 132 valence electrons. The summed E-state index contributed by atoms with van der Waals surface area (Å²) in [4.78, 5) is 14.6. The van der Waals surface area contributed by atoms with Gasteiger partial charge >= 0.3 is 0 Å². The third kappa shape index (κ3) is 3.62. The second-order valence-electron chi connectivity index (χ2n) is 6.23. The van der Waals surface area contributed by atoms with E-state index < -0.39 is 16.1 Å². The second-order valence-corrected chi connectivity index (χ2v) is 8.57. The molecule has 1 fully saturated rings. The number of anilines is 1. The molecule has 2 aliphatic rings. The highest BCUT2D eigenvalue weighted by molar-refractivity contribution is 7.92. The predicted molar refractivity (Wildman–Crippen MR) is 93.1 cm³/mol. The number of hydrogen-bond acceptors (Lipinski definition) is 4. The molecule has 0 aromatic heterocycles. The molecular weight excluding hydrogens is 352 g/mol. The van der Waals surface area contributed by atoms with Gasteiger partial charge in [-0.3, -0.25) is 9.10 Å². The SMILES string of the molecule is CS(=O)(=O)N1CC[C@H](C(=O)N2CCCCC2)Oc2ccc(Cl)cc21. The Morgan fingerprint density at radius 3 is 2.58 bits per heavy atom. The summed E-state index contributed by atoms with van der Waals surface area (Å²) in [5, 5.41) is 0.423. The van der Waals surface area contributed by atoms with Gasteiger partial charge in [0, 0.05) is 31.1 Å². The van der Waals surface area contributed by atoms with Crippen LogP contribution in [0, 0.1) is 0 Å². The van der Waals surface area contributed by atoms with Gasteiger partial charge in [0.2, 0.25) is 10.0 Å². The Labute approximate surface area is 147 Å². The zero-order valence-electron chi connectivity index (χ0n) is 13.6. The number of nitrogens with zero attached hydrogens (tertiary/aromatic N) is 2. The minimum Gasteiger partial charge on any atom is -0.478 e. The van der Waals surface area contributed by atoms with Crippen molar-refractivity contribution in [1.82, 2.24) is 4.90 Å². The van der Waals surface area contributed by atoms with Gasteiger partial charge in [0.25, 0.3) is 5.91 Å². The standard InChI is InChI=1S/C16H21ClN2O4S/c1-24(21,22)19-10-7-15(16(20)18-8-3-2-4-9-18)23-14-6-5-12(17)11-13(14)19/h5-6,11,15H,2-4,7-10H2,1H3/t15-/m1/s1. The first kappa shape index (κ1) is 17.4. The zero-order valence-corrected chi connectivity index (χ0v) is 15.1. The number of rotatable bonds is 2. The number of benzene rings is 1. The van der Waals surface area contributed by atoms with E-state index in [1.165, 1.54) is 4.31 Å². The molecule has 1 aromatic rings. The maximum Gasteiger partial charge on any atom is 0.263 e. The van der Waals surface area contributed by atoms with E-state index in [4.69, 9.17) is 16.3 Å². The molecule has 0 spiro atoms. The lowest BCUT2D eigenvalue weighted by atomic mass is 10.1. The molecule has 1 saturated heterocycles. The van der Waals surface area contributed by atoms with Gasteiger partial charge in [0.15, 0.2) is 6.10 Å². The Morgan fingerprint density at radius 1 is 1.21 bits per heavy atom. The van der Waals surface area contributed by atoms with Crippen LogP contribution < -0.4 is 9.04 Å². The third-order valence-electron chi connectivity index (χ3n) is 4.40. The average Bonchev–Trinajstić information content (AvgIpc) is 2.74. The maximum atomic E-state index is 12.7. The van der Waals surface area contributed by atoms with Crippen LogP contribution >= 0.6 is 11.6 Å². The minimum atomic E-state index is -3.48. The Hall–Kier alpha value is -1.47. The lowest BCUT2D eigenvalue weighted by molar-refractivity contribution is -0.139. The van der Waals surface area contributed by atoms with Gasteiger partial charge in [-0.15, -0.1) is 0 Å². The number of amides is 1. The van der Waals surface area contributed by atoms with Crippen molar-refractivity contribution in [3.05, 3.63) is 23.2 Å². The van der Waals surface area contributed by atoms with E-state index in [1.807, 2.05) is 4.90 Å². The summed E-state index contributed by atoms with van der Waals surface area (Å²) in [6, 6.07) is 4.82. The number of ether oxygens (including phenoxy) is 1. The molecule has 0 radical (unpaired) electrons. The monoisotopic (exact) mass is 372 g/mol. The highest BCUT2D eigenvalue weighted by atomic mass is 35.5. The number of hydrogen-bond donors (Lipinski definition) is 0. The van der Waals surface area contributed by atoms with E-state index >= 15 is 0 Å². The van der Waals surface area contributed by atoms with Crippen LogP contribution in [0.1, 0.15) is 25.7 Å². The van der Waals surface area contributed by atoms with E-state index in [1.54, 1.807) is 18.2 Å². The van der Waals surface area contributed by atoms with Crippen molar-refractivity contribution in [3.8, 4) is 5.75 Å². The second kappa shape index (κ2) is 6.80. The highest BCUT2D eigenvalue weighted by Crippen LogP contribution is 2.36. The van der Waals surface area contributed by atoms with Crippen molar-refractivity contribution in [1.29, 1.82) is 0 Å². The van der Waals surface area contributed by atoms with Gasteiger partial charge < -0.3 is 9.64 Å². The summed E-state index contributed by atoms with van der Waals surface area (Å²) < 4.78 is 31.4. The van der Waals surface area contributed by atoms with Gasteiger partial charge in [-0.1, -0.05) is 11.6 Å². The Balaban J connectivity index is 1.90.